The van der Waals surface area contributed by atoms with Crippen LogP contribution in [0.5, 0.6) is 0 Å². The van der Waals surface area contributed by atoms with Crippen molar-refractivity contribution in [2.45, 2.75) is 68.0 Å². The van der Waals surface area contributed by atoms with Gasteiger partial charge in [-0.1, -0.05) is 37.5 Å². The van der Waals surface area contributed by atoms with Crippen molar-refractivity contribution in [2.24, 2.45) is 0 Å². The van der Waals surface area contributed by atoms with E-state index in [-0.39, 0.29) is 11.3 Å². The fourth-order valence-corrected chi connectivity index (χ4v) is 5.09. The molecule has 2 unspecified atom stereocenters. The smallest absolute Gasteiger partial charge is 0.324 e. The molecule has 2 N–H and O–H groups in total. The summed E-state index contributed by atoms with van der Waals surface area (Å²) < 4.78 is 32.9. The monoisotopic (exact) mass is 467 g/mol. The molecular weight excluding hydrogens is 438 g/mol. The molecule has 0 bridgehead atoms. The van der Waals surface area contributed by atoms with E-state index in [1.807, 2.05) is 6.26 Å². The second-order valence-electron chi connectivity index (χ2n) is 7.59. The SMILES string of the molecule is CSCCC(NS(=O)(=O)c1ccccc1)C(=O)OC(C)C(=O)NC1(C#N)CCCCC1. The first kappa shape index (κ1) is 25.2. The number of benzene rings is 1. The molecule has 0 aliphatic heterocycles. The molecule has 1 aromatic rings. The maximum absolute atomic E-state index is 12.7. The van der Waals surface area contributed by atoms with Gasteiger partial charge in [0.25, 0.3) is 5.91 Å². The van der Waals surface area contributed by atoms with E-state index < -0.39 is 39.6 Å². The van der Waals surface area contributed by atoms with Gasteiger partial charge < -0.3 is 10.1 Å². The van der Waals surface area contributed by atoms with Crippen molar-refractivity contribution >= 4 is 33.7 Å². The van der Waals surface area contributed by atoms with Crippen LogP contribution in [0.1, 0.15) is 45.4 Å². The number of carbonyl (C=O) groups is 2. The average Bonchev–Trinajstić information content (AvgIpc) is 2.77. The minimum Gasteiger partial charge on any atom is -0.451 e. The Hall–Kier alpha value is -2.09. The van der Waals surface area contributed by atoms with Gasteiger partial charge in [-0.05, 0) is 50.3 Å². The lowest BCUT2D eigenvalue weighted by Crippen LogP contribution is -2.53. The van der Waals surface area contributed by atoms with E-state index in [9.17, 15) is 23.3 Å². The number of nitrogens with one attached hydrogen (secondary N) is 2. The topological polar surface area (TPSA) is 125 Å². The fraction of sp³-hybridized carbons (Fsp3) is 0.571. The van der Waals surface area contributed by atoms with Crippen molar-refractivity contribution < 1.29 is 22.7 Å². The number of hydrogen-bond acceptors (Lipinski definition) is 7. The maximum Gasteiger partial charge on any atom is 0.324 e. The van der Waals surface area contributed by atoms with E-state index in [1.54, 1.807) is 18.2 Å². The van der Waals surface area contributed by atoms with Gasteiger partial charge in [-0.25, -0.2) is 8.42 Å². The molecule has 8 nitrogen and oxygen atoms in total. The highest BCUT2D eigenvalue weighted by molar-refractivity contribution is 7.98. The second kappa shape index (κ2) is 11.5. The molecule has 31 heavy (non-hydrogen) atoms. The van der Waals surface area contributed by atoms with Crippen LogP contribution in [0.4, 0.5) is 0 Å². The van der Waals surface area contributed by atoms with Crippen LogP contribution in [-0.2, 0) is 24.3 Å². The van der Waals surface area contributed by atoms with Crippen LogP contribution in [0.15, 0.2) is 35.2 Å². The van der Waals surface area contributed by atoms with Crippen LogP contribution in [0, 0.1) is 11.3 Å². The van der Waals surface area contributed by atoms with Crippen LogP contribution in [0.3, 0.4) is 0 Å². The molecule has 1 fully saturated rings. The van der Waals surface area contributed by atoms with Crippen molar-refractivity contribution in [1.82, 2.24) is 10.0 Å². The highest BCUT2D eigenvalue weighted by Crippen LogP contribution is 2.27. The predicted molar refractivity (Wildman–Crippen MR) is 119 cm³/mol. The molecule has 0 spiro atoms. The molecule has 2 atom stereocenters. The predicted octanol–water partition coefficient (Wildman–Crippen LogP) is 2.36. The summed E-state index contributed by atoms with van der Waals surface area (Å²) in [5.74, 6) is -0.868. The molecule has 170 valence electrons. The maximum atomic E-state index is 12.7. The molecule has 0 radical (unpaired) electrons. The van der Waals surface area contributed by atoms with Crippen LogP contribution in [0.25, 0.3) is 0 Å². The van der Waals surface area contributed by atoms with Gasteiger partial charge in [0.05, 0.1) is 11.0 Å². The lowest BCUT2D eigenvalue weighted by atomic mass is 9.83. The number of amides is 1. The molecule has 1 aromatic carbocycles. The molecular formula is C21H29N3O5S2. The quantitative estimate of drug-likeness (QED) is 0.506. The number of carbonyl (C=O) groups excluding carboxylic acids is 2. The van der Waals surface area contributed by atoms with Crippen molar-refractivity contribution in [3.05, 3.63) is 30.3 Å². The van der Waals surface area contributed by atoms with Crippen LogP contribution >= 0.6 is 11.8 Å². The van der Waals surface area contributed by atoms with Gasteiger partial charge in [0.1, 0.15) is 11.6 Å². The zero-order valence-corrected chi connectivity index (χ0v) is 19.4. The Labute approximate surface area is 188 Å². The summed E-state index contributed by atoms with van der Waals surface area (Å²) in [7, 11) is -3.93. The molecule has 1 aliphatic rings. The van der Waals surface area contributed by atoms with Crippen LogP contribution in [0.2, 0.25) is 0 Å². The number of nitriles is 1. The van der Waals surface area contributed by atoms with Gasteiger partial charge >= 0.3 is 5.97 Å². The molecule has 1 saturated carbocycles. The molecule has 1 amide bonds. The van der Waals surface area contributed by atoms with Crippen LogP contribution < -0.4 is 10.0 Å². The van der Waals surface area contributed by atoms with E-state index in [1.165, 1.54) is 30.8 Å². The van der Waals surface area contributed by atoms with Gasteiger partial charge in [-0.2, -0.15) is 21.7 Å². The van der Waals surface area contributed by atoms with Crippen LogP contribution in [-0.4, -0.2) is 50.0 Å². The van der Waals surface area contributed by atoms with Crippen molar-refractivity contribution in [3.8, 4) is 6.07 Å². The summed E-state index contributed by atoms with van der Waals surface area (Å²) >= 11 is 1.46. The molecule has 0 heterocycles. The first-order valence-electron chi connectivity index (χ1n) is 10.2. The third-order valence-electron chi connectivity index (χ3n) is 5.19. The Kier molecular flexibility index (Phi) is 9.34. The fourth-order valence-electron chi connectivity index (χ4n) is 3.38. The van der Waals surface area contributed by atoms with E-state index >= 15 is 0 Å². The number of sulfonamides is 1. The van der Waals surface area contributed by atoms with Gasteiger partial charge in [0.2, 0.25) is 10.0 Å². The second-order valence-corrected chi connectivity index (χ2v) is 10.3. The lowest BCUT2D eigenvalue weighted by molar-refractivity contribution is -0.157. The van der Waals surface area contributed by atoms with Gasteiger partial charge in [-0.3, -0.25) is 9.59 Å². The number of rotatable bonds is 10. The molecule has 0 saturated heterocycles. The molecule has 1 aliphatic carbocycles. The Balaban J connectivity index is 2.05. The normalized spacial score (nSPS) is 17.7. The molecule has 2 rings (SSSR count). The summed E-state index contributed by atoms with van der Waals surface area (Å²) in [6.45, 7) is 1.42. The molecule has 0 aromatic heterocycles. The molecule has 10 heteroatoms. The zero-order valence-electron chi connectivity index (χ0n) is 17.8. The van der Waals surface area contributed by atoms with Crippen molar-refractivity contribution in [3.63, 3.8) is 0 Å². The third-order valence-corrected chi connectivity index (χ3v) is 7.32. The highest BCUT2D eigenvalue weighted by atomic mass is 32.2. The zero-order chi connectivity index (χ0) is 22.9. The number of thioether (sulfide) groups is 1. The minimum atomic E-state index is -3.93. The van der Waals surface area contributed by atoms with Crippen molar-refractivity contribution in [1.29, 1.82) is 5.26 Å². The van der Waals surface area contributed by atoms with Gasteiger partial charge in [-0.15, -0.1) is 0 Å². The average molecular weight is 468 g/mol. The first-order chi connectivity index (χ1) is 14.7. The number of ether oxygens (including phenoxy) is 1. The first-order valence-corrected chi connectivity index (χ1v) is 13.1. The lowest BCUT2D eigenvalue weighted by Gasteiger charge is -2.32. The Morgan fingerprint density at radius 1 is 1.23 bits per heavy atom. The van der Waals surface area contributed by atoms with Gasteiger partial charge in [0, 0.05) is 0 Å². The number of hydrogen-bond donors (Lipinski definition) is 2. The third kappa shape index (κ3) is 7.23. The summed E-state index contributed by atoms with van der Waals surface area (Å²) in [5, 5.41) is 12.2. The number of esters is 1. The summed E-state index contributed by atoms with van der Waals surface area (Å²) in [5.41, 5.74) is -0.941. The Morgan fingerprint density at radius 3 is 2.45 bits per heavy atom. The summed E-state index contributed by atoms with van der Waals surface area (Å²) in [6.07, 6.45) is 4.73. The number of nitrogens with zero attached hydrogens (tertiary/aromatic N) is 1. The highest BCUT2D eigenvalue weighted by Gasteiger charge is 2.36. The summed E-state index contributed by atoms with van der Waals surface area (Å²) in [4.78, 5) is 25.3. The Bertz CT molecular complexity index is 893. The van der Waals surface area contributed by atoms with Gasteiger partial charge in [0.15, 0.2) is 6.10 Å². The van der Waals surface area contributed by atoms with E-state index in [4.69, 9.17) is 4.74 Å². The minimum absolute atomic E-state index is 0.0380. The van der Waals surface area contributed by atoms with E-state index in [2.05, 4.69) is 16.1 Å². The van der Waals surface area contributed by atoms with E-state index in [0.717, 1.165) is 19.3 Å². The largest absolute Gasteiger partial charge is 0.451 e. The standard InChI is InChI=1S/C21H29N3O5S2/c1-16(19(25)23-21(15-22)12-7-4-8-13-21)29-20(26)18(11-14-30-2)24-31(27,28)17-9-5-3-6-10-17/h3,5-6,9-10,16,18,24H,4,7-8,11-14H2,1-2H3,(H,23,25). The Morgan fingerprint density at radius 2 is 1.87 bits per heavy atom. The summed E-state index contributed by atoms with van der Waals surface area (Å²) in [6, 6.07) is 8.79. The van der Waals surface area contributed by atoms with Crippen molar-refractivity contribution in [2.75, 3.05) is 12.0 Å². The van der Waals surface area contributed by atoms with E-state index in [0.29, 0.717) is 18.6 Å².